The summed E-state index contributed by atoms with van der Waals surface area (Å²) in [4.78, 5) is 0. The van der Waals surface area contributed by atoms with Gasteiger partial charge in [0.2, 0.25) is 0 Å². The van der Waals surface area contributed by atoms with Crippen molar-refractivity contribution in [3.8, 4) is 0 Å². The Balaban J connectivity index is 0.000000321. The van der Waals surface area contributed by atoms with Gasteiger partial charge in [-0.15, -0.1) is 0 Å². The standard InChI is InChI=1S/C9H10O.3C6H5.C5H10.2CO.Mo.Sn/c1-2-10-8-9-6-4-3-5-7-9;3*1-2-4-6-5-3-1;1-2-4-5-3-1;2*1-2;;/h3-7H,2H2,1H3;3*1-5H;1-5H2;;;;. The van der Waals surface area contributed by atoms with Gasteiger partial charge in [-0.3, -0.25) is 0 Å². The summed E-state index contributed by atoms with van der Waals surface area (Å²) in [7, 11) is 0. The third-order valence-electron chi connectivity index (χ3n) is 5.72. The first-order valence-corrected chi connectivity index (χ1v) is 18.2. The Morgan fingerprint density at radius 1 is 0.590 bits per heavy atom. The van der Waals surface area contributed by atoms with E-state index in [2.05, 4.69) is 104 Å². The van der Waals surface area contributed by atoms with Crippen molar-refractivity contribution >= 4 is 34.6 Å². The van der Waals surface area contributed by atoms with Crippen molar-refractivity contribution in [3.05, 3.63) is 140 Å². The van der Waals surface area contributed by atoms with E-state index in [1.165, 1.54) is 48.4 Å². The molecule has 5 heteroatoms. The van der Waals surface area contributed by atoms with E-state index in [4.69, 9.17) is 14.0 Å². The summed E-state index contributed by atoms with van der Waals surface area (Å²) in [5.41, 5.74) is 1.17. The Morgan fingerprint density at radius 2 is 0.872 bits per heavy atom. The zero-order valence-electron chi connectivity index (χ0n) is 22.4. The van der Waals surface area contributed by atoms with E-state index in [9.17, 15) is 0 Å². The van der Waals surface area contributed by atoms with Gasteiger partial charge < -0.3 is 0 Å². The maximum absolute atomic E-state index is 7.50. The number of benzene rings is 4. The quantitative estimate of drug-likeness (QED) is 0.142. The predicted octanol–water partition coefficient (Wildman–Crippen LogP) is 5.83. The molecule has 5 rings (SSSR count). The third kappa shape index (κ3) is 14.0. The van der Waals surface area contributed by atoms with Gasteiger partial charge in [0.1, 0.15) is 0 Å². The Bertz CT molecular complexity index is 1070. The van der Waals surface area contributed by atoms with Crippen molar-refractivity contribution in [1.82, 2.24) is 0 Å². The number of hydrogen-bond acceptors (Lipinski definition) is 1. The monoisotopic (exact) mass is 709 g/mol. The maximum atomic E-state index is 7.50. The summed E-state index contributed by atoms with van der Waals surface area (Å²) in [5, 5.41) is 0. The fourth-order valence-corrected chi connectivity index (χ4v) is 12.0. The summed E-state index contributed by atoms with van der Waals surface area (Å²) in [6.07, 6.45) is 7.50. The van der Waals surface area contributed by atoms with E-state index in [-0.39, 0.29) is 0 Å². The SMILES string of the molecule is C1CCCC1.CCO[C](=[Mo])c1ccccc1.[C-]#[O+].[C-]#[O+].c1cc[c]([Sn]([c]2ccccc2)[c]2ccccc2)cc1. The molecule has 1 saturated carbocycles. The normalized spacial score (nSPS) is 11.0. The van der Waals surface area contributed by atoms with Crippen LogP contribution in [-0.2, 0) is 33.4 Å². The molecule has 0 aromatic heterocycles. The fourth-order valence-electron chi connectivity index (χ4n) is 3.99. The van der Waals surface area contributed by atoms with Crippen LogP contribution in [0.15, 0.2) is 121 Å². The van der Waals surface area contributed by atoms with Crippen LogP contribution in [0.3, 0.4) is 0 Å². The molecular formula is C34H35MoO3Sn. The van der Waals surface area contributed by atoms with Gasteiger partial charge in [0, 0.05) is 0 Å². The summed E-state index contributed by atoms with van der Waals surface area (Å²) < 4.78 is 25.9. The summed E-state index contributed by atoms with van der Waals surface area (Å²) in [5.74, 6) is 0. The molecular weight excluding hydrogens is 671 g/mol. The van der Waals surface area contributed by atoms with Crippen LogP contribution in [0.25, 0.3) is 0 Å². The van der Waals surface area contributed by atoms with Gasteiger partial charge >= 0.3 is 222 Å². The number of rotatable bonds is 6. The molecule has 1 radical (unpaired) electrons. The average Bonchev–Trinajstić information content (AvgIpc) is 3.63. The first-order valence-electron chi connectivity index (χ1n) is 13.0. The van der Waals surface area contributed by atoms with Crippen LogP contribution in [0, 0.1) is 13.3 Å². The molecule has 0 spiro atoms. The second-order valence-corrected chi connectivity index (χ2v) is 16.3. The van der Waals surface area contributed by atoms with Gasteiger partial charge in [-0.1, -0.05) is 32.1 Å². The summed E-state index contributed by atoms with van der Waals surface area (Å²) in [6, 6.07) is 43.1. The van der Waals surface area contributed by atoms with E-state index >= 15 is 0 Å². The van der Waals surface area contributed by atoms with Gasteiger partial charge in [-0.05, 0) is 0 Å². The topological polar surface area (TPSA) is 49.0 Å². The van der Waals surface area contributed by atoms with Crippen molar-refractivity contribution in [2.24, 2.45) is 0 Å². The van der Waals surface area contributed by atoms with Crippen molar-refractivity contribution in [2.75, 3.05) is 6.61 Å². The van der Waals surface area contributed by atoms with E-state index in [0.29, 0.717) is 0 Å². The molecule has 4 aromatic rings. The molecule has 1 fully saturated rings. The van der Waals surface area contributed by atoms with Crippen LogP contribution in [0.2, 0.25) is 0 Å². The summed E-state index contributed by atoms with van der Waals surface area (Å²) in [6.45, 7) is 11.7. The Labute approximate surface area is 252 Å². The van der Waals surface area contributed by atoms with Crippen LogP contribution >= 0.6 is 0 Å². The Morgan fingerprint density at radius 3 is 1.15 bits per heavy atom. The number of hydrogen-bond donors (Lipinski definition) is 0. The minimum absolute atomic E-state index is 0.739. The molecule has 0 bridgehead atoms. The van der Waals surface area contributed by atoms with Gasteiger partial charge in [0.15, 0.2) is 0 Å². The molecule has 4 aromatic carbocycles. The molecule has 0 atom stereocenters. The van der Waals surface area contributed by atoms with E-state index < -0.39 is 19.8 Å². The first kappa shape index (κ1) is 34.7. The number of ether oxygens (including phenoxy) is 1. The third-order valence-corrected chi connectivity index (χ3v) is 14.4. The van der Waals surface area contributed by atoms with Gasteiger partial charge in [-0.25, -0.2) is 0 Å². The van der Waals surface area contributed by atoms with Crippen molar-refractivity contribution < 1.29 is 33.4 Å². The molecule has 0 unspecified atom stereocenters. The molecule has 0 saturated heterocycles. The van der Waals surface area contributed by atoms with Gasteiger partial charge in [0.05, 0.1) is 0 Å². The Hall–Kier alpha value is -2.32. The predicted molar refractivity (Wildman–Crippen MR) is 157 cm³/mol. The van der Waals surface area contributed by atoms with Gasteiger partial charge in [0.25, 0.3) is 0 Å². The first-order chi connectivity index (χ1) is 19.3. The van der Waals surface area contributed by atoms with Crippen LogP contribution < -0.4 is 10.7 Å². The second-order valence-electron chi connectivity index (χ2n) is 8.33. The van der Waals surface area contributed by atoms with Crippen molar-refractivity contribution in [1.29, 1.82) is 0 Å². The zero-order valence-corrected chi connectivity index (χ0v) is 27.3. The molecule has 199 valence electrons. The van der Waals surface area contributed by atoms with E-state index in [0.717, 1.165) is 10.7 Å². The minimum atomic E-state index is -1.98. The zero-order chi connectivity index (χ0) is 28.6. The van der Waals surface area contributed by atoms with E-state index in [1.807, 2.05) is 56.6 Å². The second kappa shape index (κ2) is 23.6. The Kier molecular flexibility index (Phi) is 21.0. The molecule has 0 N–H and O–H groups in total. The molecule has 1 aliphatic rings. The molecule has 0 heterocycles. The van der Waals surface area contributed by atoms with Crippen LogP contribution in [0.1, 0.15) is 44.6 Å². The van der Waals surface area contributed by atoms with Gasteiger partial charge in [-0.2, -0.15) is 0 Å². The van der Waals surface area contributed by atoms with E-state index in [1.54, 1.807) is 0 Å². The summed E-state index contributed by atoms with van der Waals surface area (Å²) >= 11 is -0.0690. The molecule has 0 aliphatic heterocycles. The van der Waals surface area contributed by atoms with Crippen LogP contribution in [-0.4, -0.2) is 30.5 Å². The average molecular weight is 706 g/mol. The van der Waals surface area contributed by atoms with Crippen molar-refractivity contribution in [2.45, 2.75) is 39.0 Å². The molecule has 1 aliphatic carbocycles. The molecule has 3 nitrogen and oxygen atoms in total. The van der Waals surface area contributed by atoms with Crippen molar-refractivity contribution in [3.63, 3.8) is 0 Å². The van der Waals surface area contributed by atoms with Crippen LogP contribution in [0.4, 0.5) is 0 Å². The molecule has 0 amide bonds. The fraction of sp³-hybridized carbons (Fsp3) is 0.206. The molecule has 39 heavy (non-hydrogen) atoms. The van der Waals surface area contributed by atoms with Crippen LogP contribution in [0.5, 0.6) is 0 Å².